The molecule has 2 aliphatic rings. The van der Waals surface area contributed by atoms with Gasteiger partial charge in [0.15, 0.2) is 0 Å². The average molecular weight is 377 g/mol. The Balaban J connectivity index is 1.60. The molecule has 1 aromatic carbocycles. The van der Waals surface area contributed by atoms with Crippen LogP contribution in [0.25, 0.3) is 0 Å². The minimum absolute atomic E-state index is 0.0889. The number of hydrogen-bond acceptors (Lipinski definition) is 8. The summed E-state index contributed by atoms with van der Waals surface area (Å²) in [5.74, 6) is -1.42. The first-order chi connectivity index (χ1) is 13.0. The fraction of sp³-hybridized carbons (Fsp3) is 0.471. The SMILES string of the molecule is CCC(=O)N[C@H]1Cc2cccc(C(=O)OCOC(=O)OC3CC3)c2OB1O. The number of benzene rings is 1. The van der Waals surface area contributed by atoms with Crippen molar-refractivity contribution < 1.29 is 38.3 Å². The van der Waals surface area contributed by atoms with Gasteiger partial charge in [0, 0.05) is 6.42 Å². The lowest BCUT2D eigenvalue weighted by Gasteiger charge is -2.29. The Hall–Kier alpha value is -2.75. The van der Waals surface area contributed by atoms with Crippen molar-refractivity contribution in [3.8, 4) is 5.75 Å². The molecule has 1 aromatic rings. The number of fused-ring (bicyclic) bond motifs is 1. The van der Waals surface area contributed by atoms with E-state index in [0.29, 0.717) is 12.0 Å². The first kappa shape index (κ1) is 19.0. The highest BCUT2D eigenvalue weighted by Gasteiger charge is 2.37. The third-order valence-corrected chi connectivity index (χ3v) is 4.16. The predicted molar refractivity (Wildman–Crippen MR) is 91.8 cm³/mol. The zero-order valence-corrected chi connectivity index (χ0v) is 14.8. The Morgan fingerprint density at radius 2 is 2.07 bits per heavy atom. The molecule has 1 saturated carbocycles. The van der Waals surface area contributed by atoms with E-state index in [9.17, 15) is 19.4 Å². The van der Waals surface area contributed by atoms with Crippen molar-refractivity contribution in [2.24, 2.45) is 0 Å². The zero-order valence-electron chi connectivity index (χ0n) is 14.8. The minimum atomic E-state index is -1.30. The van der Waals surface area contributed by atoms with Gasteiger partial charge in [0.1, 0.15) is 17.4 Å². The normalized spacial score (nSPS) is 18.0. The Bertz CT molecular complexity index is 736. The van der Waals surface area contributed by atoms with Gasteiger partial charge in [0.2, 0.25) is 12.7 Å². The van der Waals surface area contributed by atoms with Gasteiger partial charge in [0.05, 0.1) is 5.94 Å². The molecule has 0 unspecified atom stereocenters. The summed E-state index contributed by atoms with van der Waals surface area (Å²) in [6.45, 7) is 1.11. The molecule has 0 aromatic heterocycles. The van der Waals surface area contributed by atoms with Gasteiger partial charge in [-0.3, -0.25) is 4.79 Å². The predicted octanol–water partition coefficient (Wildman–Crippen LogP) is 0.966. The molecule has 1 fully saturated rings. The highest BCUT2D eigenvalue weighted by Crippen LogP contribution is 2.30. The number of nitrogens with one attached hydrogen (secondary N) is 1. The Labute approximate surface area is 156 Å². The molecule has 1 heterocycles. The molecule has 1 aliphatic heterocycles. The molecule has 0 spiro atoms. The molecule has 1 atom stereocenters. The molecule has 27 heavy (non-hydrogen) atoms. The number of hydrogen-bond donors (Lipinski definition) is 2. The summed E-state index contributed by atoms with van der Waals surface area (Å²) in [6.07, 6.45) is 1.21. The van der Waals surface area contributed by atoms with Gasteiger partial charge in [0.25, 0.3) is 0 Å². The summed E-state index contributed by atoms with van der Waals surface area (Å²) in [5.41, 5.74) is 0.733. The summed E-state index contributed by atoms with van der Waals surface area (Å²) in [5, 5.41) is 12.8. The molecule has 0 bridgehead atoms. The number of esters is 1. The number of carbonyl (C=O) groups excluding carboxylic acids is 3. The van der Waals surface area contributed by atoms with E-state index in [0.717, 1.165) is 12.8 Å². The maximum absolute atomic E-state index is 12.3. The van der Waals surface area contributed by atoms with Crippen LogP contribution in [0.3, 0.4) is 0 Å². The van der Waals surface area contributed by atoms with Gasteiger partial charge < -0.3 is 29.2 Å². The number of carbonyl (C=O) groups is 3. The smallest absolute Gasteiger partial charge is 0.534 e. The van der Waals surface area contributed by atoms with E-state index in [-0.39, 0.29) is 29.7 Å². The molecular weight excluding hydrogens is 357 g/mol. The van der Waals surface area contributed by atoms with Crippen LogP contribution in [0, 0.1) is 0 Å². The lowest BCUT2D eigenvalue weighted by Crippen LogP contribution is -2.53. The van der Waals surface area contributed by atoms with Crippen molar-refractivity contribution in [2.45, 2.75) is 44.7 Å². The fourth-order valence-electron chi connectivity index (χ4n) is 2.58. The van der Waals surface area contributed by atoms with Crippen LogP contribution in [0.1, 0.15) is 42.1 Å². The number of amides is 1. The highest BCUT2D eigenvalue weighted by molar-refractivity contribution is 6.47. The summed E-state index contributed by atoms with van der Waals surface area (Å²) in [4.78, 5) is 35.1. The molecule has 0 saturated heterocycles. The van der Waals surface area contributed by atoms with Gasteiger partial charge in [-0.05, 0) is 30.9 Å². The van der Waals surface area contributed by atoms with E-state index in [4.69, 9.17) is 14.1 Å². The van der Waals surface area contributed by atoms with E-state index in [1.807, 2.05) is 0 Å². The minimum Gasteiger partial charge on any atom is -0.534 e. The van der Waals surface area contributed by atoms with E-state index in [1.165, 1.54) is 6.07 Å². The molecule has 1 aliphatic carbocycles. The molecular formula is C17H20BNO8. The van der Waals surface area contributed by atoms with Crippen LogP contribution in [0.15, 0.2) is 18.2 Å². The zero-order chi connectivity index (χ0) is 19.4. The average Bonchev–Trinajstić information content (AvgIpc) is 3.45. The van der Waals surface area contributed by atoms with Crippen LogP contribution in [-0.2, 0) is 25.4 Å². The molecule has 144 valence electrons. The van der Waals surface area contributed by atoms with E-state index < -0.39 is 32.0 Å². The second-order valence-electron chi connectivity index (χ2n) is 6.30. The third kappa shape index (κ3) is 4.91. The Morgan fingerprint density at radius 1 is 1.30 bits per heavy atom. The van der Waals surface area contributed by atoms with Crippen LogP contribution >= 0.6 is 0 Å². The van der Waals surface area contributed by atoms with Gasteiger partial charge in [-0.1, -0.05) is 19.1 Å². The van der Waals surface area contributed by atoms with Crippen LogP contribution in [0.2, 0.25) is 0 Å². The van der Waals surface area contributed by atoms with Gasteiger partial charge in [-0.25, -0.2) is 9.59 Å². The topological polar surface area (TPSA) is 120 Å². The van der Waals surface area contributed by atoms with Gasteiger partial charge in [-0.15, -0.1) is 0 Å². The van der Waals surface area contributed by atoms with E-state index >= 15 is 0 Å². The van der Waals surface area contributed by atoms with Crippen LogP contribution in [0.5, 0.6) is 5.75 Å². The Morgan fingerprint density at radius 3 is 2.78 bits per heavy atom. The van der Waals surface area contributed by atoms with Crippen molar-refractivity contribution in [1.82, 2.24) is 5.32 Å². The maximum Gasteiger partial charge on any atom is 0.547 e. The summed E-state index contributed by atoms with van der Waals surface area (Å²) >= 11 is 0. The van der Waals surface area contributed by atoms with Crippen molar-refractivity contribution in [3.05, 3.63) is 29.3 Å². The number of ether oxygens (including phenoxy) is 3. The quantitative estimate of drug-likeness (QED) is 0.427. The van der Waals surface area contributed by atoms with Crippen molar-refractivity contribution in [3.63, 3.8) is 0 Å². The fourth-order valence-corrected chi connectivity index (χ4v) is 2.58. The second-order valence-corrected chi connectivity index (χ2v) is 6.30. The summed E-state index contributed by atoms with van der Waals surface area (Å²) in [6, 6.07) is 4.84. The molecule has 3 rings (SSSR count). The van der Waals surface area contributed by atoms with Crippen molar-refractivity contribution in [2.75, 3.05) is 6.79 Å². The standard InChI is InChI=1S/C17H20BNO8/c1-2-14(20)19-13-8-10-4-3-5-12(15(10)27-18(13)23)16(21)24-9-25-17(22)26-11-6-7-11/h3-5,11,13,23H,2,6-9H2,1H3,(H,19,20)/t13-/m0/s1. The summed E-state index contributed by atoms with van der Waals surface area (Å²) in [7, 11) is -1.30. The number of para-hydroxylation sites is 1. The first-order valence-corrected chi connectivity index (χ1v) is 8.74. The molecule has 2 N–H and O–H groups in total. The number of rotatable bonds is 6. The van der Waals surface area contributed by atoms with Gasteiger partial charge >= 0.3 is 19.2 Å². The summed E-state index contributed by atoms with van der Waals surface area (Å²) < 4.78 is 19.9. The van der Waals surface area contributed by atoms with Crippen LogP contribution in [-0.4, -0.2) is 49.0 Å². The largest absolute Gasteiger partial charge is 0.547 e. The lowest BCUT2D eigenvalue weighted by molar-refractivity contribution is -0.121. The lowest BCUT2D eigenvalue weighted by atomic mass is 9.72. The maximum atomic E-state index is 12.3. The van der Waals surface area contributed by atoms with Crippen LogP contribution < -0.4 is 9.97 Å². The van der Waals surface area contributed by atoms with Crippen molar-refractivity contribution in [1.29, 1.82) is 0 Å². The molecule has 1 amide bonds. The Kier molecular flexibility index (Phi) is 5.85. The van der Waals surface area contributed by atoms with E-state index in [2.05, 4.69) is 10.1 Å². The van der Waals surface area contributed by atoms with E-state index in [1.54, 1.807) is 19.1 Å². The molecule has 9 nitrogen and oxygen atoms in total. The molecule has 0 radical (unpaired) electrons. The highest BCUT2D eigenvalue weighted by atomic mass is 16.8. The van der Waals surface area contributed by atoms with Crippen LogP contribution in [0.4, 0.5) is 4.79 Å². The van der Waals surface area contributed by atoms with Gasteiger partial charge in [-0.2, -0.15) is 0 Å². The second kappa shape index (κ2) is 8.30. The molecule has 10 heteroatoms. The first-order valence-electron chi connectivity index (χ1n) is 8.74. The third-order valence-electron chi connectivity index (χ3n) is 4.16. The van der Waals surface area contributed by atoms with Crippen molar-refractivity contribution >= 4 is 25.2 Å². The monoisotopic (exact) mass is 377 g/mol.